The Morgan fingerprint density at radius 1 is 0.750 bits per heavy atom. The highest BCUT2D eigenvalue weighted by atomic mass is 16.3. The summed E-state index contributed by atoms with van der Waals surface area (Å²) in [5, 5.41) is 18.9. The van der Waals surface area contributed by atoms with Crippen LogP contribution in [0.15, 0.2) is 36.4 Å². The summed E-state index contributed by atoms with van der Waals surface area (Å²) in [7, 11) is 0. The van der Waals surface area contributed by atoms with Crippen LogP contribution in [0.25, 0.3) is 0 Å². The average molecular weight is 272 g/mol. The molecule has 2 rings (SSSR count). The van der Waals surface area contributed by atoms with Gasteiger partial charge in [-0.1, -0.05) is 12.1 Å². The fourth-order valence-electron chi connectivity index (χ4n) is 2.45. The topological polar surface area (TPSA) is 92.5 Å². The second-order valence-electron chi connectivity index (χ2n) is 5.13. The van der Waals surface area contributed by atoms with Gasteiger partial charge in [0.15, 0.2) is 0 Å². The second-order valence-corrected chi connectivity index (χ2v) is 5.13. The second kappa shape index (κ2) is 5.53. The van der Waals surface area contributed by atoms with Crippen LogP contribution in [0.2, 0.25) is 0 Å². The van der Waals surface area contributed by atoms with Gasteiger partial charge in [0.05, 0.1) is 0 Å². The number of hydrogen-bond acceptors (Lipinski definition) is 4. The van der Waals surface area contributed by atoms with Crippen molar-refractivity contribution < 1.29 is 10.2 Å². The van der Waals surface area contributed by atoms with E-state index in [-0.39, 0.29) is 23.6 Å². The molecule has 2 aromatic rings. The minimum Gasteiger partial charge on any atom is -0.508 e. The van der Waals surface area contributed by atoms with Crippen molar-refractivity contribution in [2.75, 3.05) is 0 Å². The lowest BCUT2D eigenvalue weighted by atomic mass is 9.90. The predicted molar refractivity (Wildman–Crippen MR) is 79.5 cm³/mol. The molecule has 2 aromatic carbocycles. The van der Waals surface area contributed by atoms with Crippen molar-refractivity contribution >= 4 is 0 Å². The zero-order valence-electron chi connectivity index (χ0n) is 11.7. The Kier molecular flexibility index (Phi) is 3.97. The Labute approximate surface area is 118 Å². The standard InChI is InChI=1S/C16H20N2O2/c1-9-7-11(19)3-5-13(9)15(17)16(18)14-6-4-12(20)8-10(14)2/h3-8,15-16,19-20H,17-18H2,1-2H3/t15-,16+. The summed E-state index contributed by atoms with van der Waals surface area (Å²) in [6.07, 6.45) is 0. The molecule has 0 radical (unpaired) electrons. The molecule has 0 aromatic heterocycles. The van der Waals surface area contributed by atoms with Crippen LogP contribution in [-0.2, 0) is 0 Å². The lowest BCUT2D eigenvalue weighted by Gasteiger charge is -2.24. The molecule has 0 saturated heterocycles. The van der Waals surface area contributed by atoms with E-state index < -0.39 is 0 Å². The van der Waals surface area contributed by atoms with Crippen molar-refractivity contribution in [3.63, 3.8) is 0 Å². The first-order chi connectivity index (χ1) is 9.40. The van der Waals surface area contributed by atoms with Gasteiger partial charge in [-0.05, 0) is 60.4 Å². The van der Waals surface area contributed by atoms with Crippen LogP contribution >= 0.6 is 0 Å². The molecule has 0 heterocycles. The van der Waals surface area contributed by atoms with Crippen molar-refractivity contribution in [1.29, 1.82) is 0 Å². The normalized spacial score (nSPS) is 14.0. The summed E-state index contributed by atoms with van der Waals surface area (Å²) in [4.78, 5) is 0. The van der Waals surface area contributed by atoms with E-state index in [1.165, 1.54) is 0 Å². The van der Waals surface area contributed by atoms with Crippen molar-refractivity contribution in [2.24, 2.45) is 11.5 Å². The van der Waals surface area contributed by atoms with Crippen LogP contribution in [0.1, 0.15) is 34.3 Å². The van der Waals surface area contributed by atoms with Crippen molar-refractivity contribution in [1.82, 2.24) is 0 Å². The number of phenols is 2. The molecule has 6 N–H and O–H groups in total. The Balaban J connectivity index is 2.34. The fraction of sp³-hybridized carbons (Fsp3) is 0.250. The molecule has 20 heavy (non-hydrogen) atoms. The summed E-state index contributed by atoms with van der Waals surface area (Å²) in [5.74, 6) is 0.431. The number of rotatable bonds is 3. The maximum atomic E-state index is 9.45. The van der Waals surface area contributed by atoms with Gasteiger partial charge < -0.3 is 21.7 Å². The number of nitrogens with two attached hydrogens (primary N) is 2. The Bertz CT molecular complexity index is 570. The van der Waals surface area contributed by atoms with Gasteiger partial charge in [0.1, 0.15) is 11.5 Å². The van der Waals surface area contributed by atoms with E-state index in [9.17, 15) is 10.2 Å². The van der Waals surface area contributed by atoms with E-state index in [0.29, 0.717) is 0 Å². The van der Waals surface area contributed by atoms with Gasteiger partial charge in [0.2, 0.25) is 0 Å². The molecule has 0 spiro atoms. The van der Waals surface area contributed by atoms with Gasteiger partial charge in [-0.3, -0.25) is 0 Å². The Morgan fingerprint density at radius 3 is 1.40 bits per heavy atom. The highest BCUT2D eigenvalue weighted by molar-refractivity contribution is 5.40. The van der Waals surface area contributed by atoms with E-state index in [4.69, 9.17) is 11.5 Å². The van der Waals surface area contributed by atoms with E-state index in [0.717, 1.165) is 22.3 Å². The van der Waals surface area contributed by atoms with Crippen LogP contribution in [0.5, 0.6) is 11.5 Å². The molecule has 2 atom stereocenters. The molecular formula is C16H20N2O2. The van der Waals surface area contributed by atoms with Crippen molar-refractivity contribution in [2.45, 2.75) is 25.9 Å². The van der Waals surface area contributed by atoms with Gasteiger partial charge >= 0.3 is 0 Å². The molecule has 0 saturated carbocycles. The zero-order valence-corrected chi connectivity index (χ0v) is 11.7. The highest BCUT2D eigenvalue weighted by Gasteiger charge is 2.20. The molecule has 0 aliphatic carbocycles. The molecular weight excluding hydrogens is 252 g/mol. The number of aryl methyl sites for hydroxylation is 2. The molecule has 0 unspecified atom stereocenters. The smallest absolute Gasteiger partial charge is 0.115 e. The minimum atomic E-state index is -0.376. The molecule has 4 nitrogen and oxygen atoms in total. The summed E-state index contributed by atoms with van der Waals surface area (Å²) >= 11 is 0. The van der Waals surface area contributed by atoms with E-state index in [1.54, 1.807) is 36.4 Å². The quantitative estimate of drug-likeness (QED) is 0.690. The van der Waals surface area contributed by atoms with E-state index in [1.807, 2.05) is 13.8 Å². The molecule has 0 bridgehead atoms. The molecule has 0 aliphatic rings. The van der Waals surface area contributed by atoms with Crippen LogP contribution in [0, 0.1) is 13.8 Å². The number of aromatic hydroxyl groups is 2. The summed E-state index contributed by atoms with van der Waals surface area (Å²) in [5.41, 5.74) is 16.1. The summed E-state index contributed by atoms with van der Waals surface area (Å²) in [6.45, 7) is 3.79. The molecule has 4 heteroatoms. The molecule has 0 fully saturated rings. The van der Waals surface area contributed by atoms with Crippen LogP contribution in [0.3, 0.4) is 0 Å². The SMILES string of the molecule is Cc1cc(O)ccc1[C@@H](N)[C@@H](N)c1ccc(O)cc1C. The third-order valence-corrected chi connectivity index (χ3v) is 3.61. The van der Waals surface area contributed by atoms with Crippen LogP contribution in [-0.4, -0.2) is 10.2 Å². The number of benzene rings is 2. The number of phenolic OH excluding ortho intramolecular Hbond substituents is 2. The number of hydrogen-bond donors (Lipinski definition) is 4. The fourth-order valence-corrected chi connectivity index (χ4v) is 2.45. The minimum absolute atomic E-state index is 0.216. The third kappa shape index (κ3) is 2.76. The first-order valence-corrected chi connectivity index (χ1v) is 6.50. The summed E-state index contributed by atoms with van der Waals surface area (Å²) in [6, 6.07) is 9.40. The third-order valence-electron chi connectivity index (χ3n) is 3.61. The van der Waals surface area contributed by atoms with Gasteiger partial charge in [-0.15, -0.1) is 0 Å². The molecule has 0 aliphatic heterocycles. The Hall–Kier alpha value is -2.04. The van der Waals surface area contributed by atoms with Gasteiger partial charge in [0.25, 0.3) is 0 Å². The van der Waals surface area contributed by atoms with Gasteiger partial charge in [-0.25, -0.2) is 0 Å². The maximum Gasteiger partial charge on any atom is 0.115 e. The van der Waals surface area contributed by atoms with Crippen molar-refractivity contribution in [3.8, 4) is 11.5 Å². The van der Waals surface area contributed by atoms with Crippen LogP contribution < -0.4 is 11.5 Å². The monoisotopic (exact) mass is 272 g/mol. The zero-order chi connectivity index (χ0) is 14.9. The molecule has 106 valence electrons. The summed E-state index contributed by atoms with van der Waals surface area (Å²) < 4.78 is 0. The largest absolute Gasteiger partial charge is 0.508 e. The van der Waals surface area contributed by atoms with E-state index >= 15 is 0 Å². The van der Waals surface area contributed by atoms with Gasteiger partial charge in [0, 0.05) is 12.1 Å². The lowest BCUT2D eigenvalue weighted by molar-refractivity contribution is 0.472. The Morgan fingerprint density at radius 2 is 1.10 bits per heavy atom. The first kappa shape index (κ1) is 14.4. The van der Waals surface area contributed by atoms with E-state index in [2.05, 4.69) is 0 Å². The lowest BCUT2D eigenvalue weighted by Crippen LogP contribution is -2.27. The highest BCUT2D eigenvalue weighted by Crippen LogP contribution is 2.31. The predicted octanol–water partition coefficient (Wildman–Crippen LogP) is 2.41. The molecule has 0 amide bonds. The van der Waals surface area contributed by atoms with Crippen LogP contribution in [0.4, 0.5) is 0 Å². The first-order valence-electron chi connectivity index (χ1n) is 6.50. The maximum absolute atomic E-state index is 9.45. The van der Waals surface area contributed by atoms with Crippen molar-refractivity contribution in [3.05, 3.63) is 58.7 Å². The van der Waals surface area contributed by atoms with Gasteiger partial charge in [-0.2, -0.15) is 0 Å². The average Bonchev–Trinajstić information content (AvgIpc) is 2.37.